The molecule has 2 N–H and O–H groups in total. The van der Waals surface area contributed by atoms with E-state index in [9.17, 15) is 0 Å². The van der Waals surface area contributed by atoms with Crippen LogP contribution in [0, 0.1) is 6.92 Å². The second-order valence-corrected chi connectivity index (χ2v) is 5.70. The lowest BCUT2D eigenvalue weighted by molar-refractivity contribution is 0.545. The molecule has 6 heteroatoms. The maximum absolute atomic E-state index is 5.66. The Balaban J connectivity index is 1.60. The molecule has 0 saturated heterocycles. The molecule has 3 aromatic rings. The molecule has 0 unspecified atom stereocenters. The van der Waals surface area contributed by atoms with Crippen LogP contribution in [-0.4, -0.2) is 29.3 Å². The lowest BCUT2D eigenvalue weighted by atomic mass is 10.2. The van der Waals surface area contributed by atoms with Gasteiger partial charge in [0.05, 0.1) is 6.20 Å². The molecule has 0 spiro atoms. The Labute approximate surface area is 135 Å². The van der Waals surface area contributed by atoms with Crippen LogP contribution in [0.3, 0.4) is 0 Å². The number of aryl methyl sites for hydroxylation is 1. The maximum atomic E-state index is 5.66. The van der Waals surface area contributed by atoms with Gasteiger partial charge < -0.3 is 14.6 Å². The van der Waals surface area contributed by atoms with Gasteiger partial charge in [0, 0.05) is 38.9 Å². The van der Waals surface area contributed by atoms with E-state index in [2.05, 4.69) is 26.6 Å². The zero-order chi connectivity index (χ0) is 16.2. The predicted octanol–water partition coefficient (Wildman–Crippen LogP) is 2.73. The molecule has 0 aliphatic heterocycles. The topological polar surface area (TPSA) is 70.0 Å². The van der Waals surface area contributed by atoms with Crippen LogP contribution >= 0.6 is 0 Å². The highest BCUT2D eigenvalue weighted by Gasteiger charge is 2.10. The summed E-state index contributed by atoms with van der Waals surface area (Å²) in [6, 6.07) is 8.01. The van der Waals surface area contributed by atoms with Crippen molar-refractivity contribution < 1.29 is 4.42 Å². The minimum Gasteiger partial charge on any atom is -0.460 e. The van der Waals surface area contributed by atoms with E-state index in [-0.39, 0.29) is 0 Å². The number of nitrogens with one attached hydrogen (secondary N) is 2. The molecule has 0 fully saturated rings. The minimum absolute atomic E-state index is 0.709. The van der Waals surface area contributed by atoms with Crippen molar-refractivity contribution >= 4 is 5.82 Å². The molecule has 0 aromatic carbocycles. The summed E-state index contributed by atoms with van der Waals surface area (Å²) in [6.07, 6.45) is 3.72. The minimum atomic E-state index is 0.709. The molecule has 3 rings (SSSR count). The number of rotatable bonds is 6. The van der Waals surface area contributed by atoms with Crippen molar-refractivity contribution in [1.82, 2.24) is 20.5 Å². The second-order valence-electron chi connectivity index (χ2n) is 5.70. The third-order valence-corrected chi connectivity index (χ3v) is 3.62. The van der Waals surface area contributed by atoms with Crippen LogP contribution in [0.2, 0.25) is 0 Å². The third kappa shape index (κ3) is 3.60. The fourth-order valence-corrected chi connectivity index (χ4v) is 2.35. The summed E-state index contributed by atoms with van der Waals surface area (Å²) in [5.74, 6) is 2.66. The lowest BCUT2D eigenvalue weighted by Crippen LogP contribution is -2.14. The molecule has 120 valence electrons. The van der Waals surface area contributed by atoms with Crippen LogP contribution < -0.4 is 10.2 Å². The molecule has 0 aliphatic rings. The first kappa shape index (κ1) is 15.3. The average molecular weight is 311 g/mol. The highest BCUT2D eigenvalue weighted by atomic mass is 16.3. The number of hydrogen-bond acceptors (Lipinski definition) is 5. The fraction of sp³-hybridized carbons (Fsp3) is 0.294. The van der Waals surface area contributed by atoms with E-state index in [1.165, 1.54) is 0 Å². The van der Waals surface area contributed by atoms with E-state index in [1.54, 1.807) is 0 Å². The van der Waals surface area contributed by atoms with Crippen LogP contribution in [0.15, 0.2) is 41.1 Å². The number of furan rings is 1. The van der Waals surface area contributed by atoms with Crippen molar-refractivity contribution in [3.05, 3.63) is 53.5 Å². The monoisotopic (exact) mass is 311 g/mol. The van der Waals surface area contributed by atoms with Crippen molar-refractivity contribution in [2.45, 2.75) is 20.0 Å². The Morgan fingerprint density at radius 1 is 1.13 bits per heavy atom. The molecule has 0 bridgehead atoms. The smallest absolute Gasteiger partial charge is 0.152 e. The van der Waals surface area contributed by atoms with Crippen molar-refractivity contribution in [1.29, 1.82) is 0 Å². The number of nitrogens with zero attached hydrogens (tertiary/aromatic N) is 3. The molecule has 0 saturated carbocycles. The van der Waals surface area contributed by atoms with Gasteiger partial charge in [0.2, 0.25) is 0 Å². The third-order valence-electron chi connectivity index (χ3n) is 3.62. The van der Waals surface area contributed by atoms with Gasteiger partial charge in [-0.1, -0.05) is 6.07 Å². The van der Waals surface area contributed by atoms with Crippen LogP contribution in [0.25, 0.3) is 11.5 Å². The van der Waals surface area contributed by atoms with E-state index in [4.69, 9.17) is 4.42 Å². The predicted molar refractivity (Wildman–Crippen MR) is 90.1 cm³/mol. The van der Waals surface area contributed by atoms with Gasteiger partial charge in [-0.2, -0.15) is 5.10 Å². The van der Waals surface area contributed by atoms with E-state index in [1.807, 2.05) is 56.5 Å². The standard InChI is InChI=1S/C17H21N5O/c1-12-4-6-15(23-12)17-14(11-20-21-17)10-18-8-13-5-7-16(19-9-13)22(2)3/h4-7,9,11,18H,8,10H2,1-3H3,(H,20,21). The average Bonchev–Trinajstić information content (AvgIpc) is 3.16. The fourth-order valence-electron chi connectivity index (χ4n) is 2.35. The SMILES string of the molecule is Cc1ccc(-c2[nH]ncc2CNCc2ccc(N(C)C)nc2)o1. The summed E-state index contributed by atoms with van der Waals surface area (Å²) in [7, 11) is 3.97. The number of anilines is 1. The van der Waals surface area contributed by atoms with Crippen LogP contribution in [-0.2, 0) is 13.1 Å². The zero-order valence-corrected chi connectivity index (χ0v) is 13.6. The highest BCUT2D eigenvalue weighted by molar-refractivity contribution is 5.56. The van der Waals surface area contributed by atoms with Gasteiger partial charge in [-0.15, -0.1) is 0 Å². The summed E-state index contributed by atoms with van der Waals surface area (Å²) in [5, 5.41) is 10.5. The second kappa shape index (κ2) is 6.66. The van der Waals surface area contributed by atoms with Crippen molar-refractivity contribution in [3.63, 3.8) is 0 Å². The first-order chi connectivity index (χ1) is 11.1. The molecule has 6 nitrogen and oxygen atoms in total. The Morgan fingerprint density at radius 2 is 2.00 bits per heavy atom. The van der Waals surface area contributed by atoms with Gasteiger partial charge >= 0.3 is 0 Å². The van der Waals surface area contributed by atoms with Gasteiger partial charge in [0.1, 0.15) is 17.3 Å². The van der Waals surface area contributed by atoms with Gasteiger partial charge in [-0.3, -0.25) is 5.10 Å². The van der Waals surface area contributed by atoms with Crippen molar-refractivity contribution in [2.24, 2.45) is 0 Å². The normalized spacial score (nSPS) is 10.9. The number of aromatic nitrogens is 3. The molecule has 0 aliphatic carbocycles. The van der Waals surface area contributed by atoms with Gasteiger partial charge in [-0.05, 0) is 30.7 Å². The number of hydrogen-bond donors (Lipinski definition) is 2. The Kier molecular flexibility index (Phi) is 4.43. The number of aromatic amines is 1. The molecular weight excluding hydrogens is 290 g/mol. The summed E-state index contributed by atoms with van der Waals surface area (Å²) in [6.45, 7) is 3.39. The largest absolute Gasteiger partial charge is 0.460 e. The van der Waals surface area contributed by atoms with Gasteiger partial charge in [0.15, 0.2) is 5.76 Å². The number of pyridine rings is 1. The first-order valence-corrected chi connectivity index (χ1v) is 7.55. The Bertz CT molecular complexity index is 757. The molecule has 3 heterocycles. The van der Waals surface area contributed by atoms with E-state index < -0.39 is 0 Å². The number of H-pyrrole nitrogens is 1. The van der Waals surface area contributed by atoms with Gasteiger partial charge in [-0.25, -0.2) is 4.98 Å². The van der Waals surface area contributed by atoms with E-state index in [0.717, 1.165) is 40.7 Å². The lowest BCUT2D eigenvalue weighted by Gasteiger charge is -2.11. The van der Waals surface area contributed by atoms with Crippen LogP contribution in [0.4, 0.5) is 5.82 Å². The van der Waals surface area contributed by atoms with E-state index in [0.29, 0.717) is 6.54 Å². The van der Waals surface area contributed by atoms with Crippen molar-refractivity contribution in [2.75, 3.05) is 19.0 Å². The van der Waals surface area contributed by atoms with Gasteiger partial charge in [0.25, 0.3) is 0 Å². The molecule has 0 atom stereocenters. The molecular formula is C17H21N5O. The molecule has 23 heavy (non-hydrogen) atoms. The zero-order valence-electron chi connectivity index (χ0n) is 13.6. The quantitative estimate of drug-likeness (QED) is 0.732. The maximum Gasteiger partial charge on any atom is 0.152 e. The summed E-state index contributed by atoms with van der Waals surface area (Å²) in [4.78, 5) is 6.40. The summed E-state index contributed by atoms with van der Waals surface area (Å²) in [5.41, 5.74) is 3.15. The van der Waals surface area contributed by atoms with Crippen LogP contribution in [0.1, 0.15) is 16.9 Å². The molecule has 0 amide bonds. The van der Waals surface area contributed by atoms with Crippen molar-refractivity contribution in [3.8, 4) is 11.5 Å². The Hall–Kier alpha value is -2.60. The Morgan fingerprint density at radius 3 is 2.65 bits per heavy atom. The molecule has 0 radical (unpaired) electrons. The van der Waals surface area contributed by atoms with E-state index >= 15 is 0 Å². The first-order valence-electron chi connectivity index (χ1n) is 7.55. The highest BCUT2D eigenvalue weighted by Crippen LogP contribution is 2.23. The summed E-state index contributed by atoms with van der Waals surface area (Å²) >= 11 is 0. The molecule has 3 aromatic heterocycles. The van der Waals surface area contributed by atoms with Crippen LogP contribution in [0.5, 0.6) is 0 Å². The summed E-state index contributed by atoms with van der Waals surface area (Å²) < 4.78 is 5.66.